The van der Waals surface area contributed by atoms with Gasteiger partial charge >= 0.3 is 0 Å². The first-order chi connectivity index (χ1) is 13.0. The van der Waals surface area contributed by atoms with Gasteiger partial charge in [0.25, 0.3) is 5.91 Å². The number of benzene rings is 1. The van der Waals surface area contributed by atoms with E-state index in [2.05, 4.69) is 10.2 Å². The van der Waals surface area contributed by atoms with E-state index in [9.17, 15) is 9.59 Å². The number of ether oxygens (including phenoxy) is 1. The third-order valence-electron chi connectivity index (χ3n) is 5.59. The Morgan fingerprint density at radius 1 is 1.11 bits per heavy atom. The van der Waals surface area contributed by atoms with E-state index in [-0.39, 0.29) is 23.8 Å². The number of nitrogens with zero attached hydrogens (tertiary/aromatic N) is 1. The van der Waals surface area contributed by atoms with E-state index in [0.29, 0.717) is 6.54 Å². The number of anilines is 1. The second-order valence-corrected chi connectivity index (χ2v) is 7.51. The monoisotopic (exact) mass is 374 g/mol. The van der Waals surface area contributed by atoms with Gasteiger partial charge in [-0.15, -0.1) is 0 Å². The Morgan fingerprint density at radius 3 is 2.41 bits per heavy atom. The molecule has 2 saturated heterocycles. The van der Waals surface area contributed by atoms with E-state index in [1.165, 1.54) is 5.56 Å². The lowest BCUT2D eigenvalue weighted by Crippen LogP contribution is -2.39. The van der Waals surface area contributed by atoms with Crippen LogP contribution in [-0.2, 0) is 20.7 Å². The highest BCUT2D eigenvalue weighted by molar-refractivity contribution is 5.94. The largest absolute Gasteiger partial charge is 0.369 e. The van der Waals surface area contributed by atoms with Crippen molar-refractivity contribution >= 4 is 17.5 Å². The van der Waals surface area contributed by atoms with Crippen molar-refractivity contribution < 1.29 is 14.3 Å². The van der Waals surface area contributed by atoms with Crippen LogP contribution < -0.4 is 16.8 Å². The number of carbonyl (C=O) groups is 2. The maximum absolute atomic E-state index is 12.3. The standard InChI is InChI=1S/C20H30N4O3/c21-13-17-5-6-18(27-17)20(26)23-16-3-1-14(2-4-16)7-10-24-11-8-15(9-12-24)19(22)25/h1-4,15,17-18H,5-13,21H2,(H2,22,25)(H,23,26)/t17-,18+/m1/s1. The highest BCUT2D eigenvalue weighted by Gasteiger charge is 2.29. The molecule has 1 aromatic rings. The van der Waals surface area contributed by atoms with Crippen molar-refractivity contribution in [1.82, 2.24) is 4.90 Å². The average molecular weight is 374 g/mol. The molecular formula is C20H30N4O3. The predicted octanol–water partition coefficient (Wildman–Crippen LogP) is 0.871. The average Bonchev–Trinajstić information content (AvgIpc) is 3.17. The lowest BCUT2D eigenvalue weighted by molar-refractivity contribution is -0.126. The molecule has 0 aliphatic carbocycles. The van der Waals surface area contributed by atoms with Gasteiger partial charge in [0.1, 0.15) is 6.10 Å². The molecule has 7 heteroatoms. The molecule has 0 spiro atoms. The van der Waals surface area contributed by atoms with Crippen LogP contribution in [0.15, 0.2) is 24.3 Å². The van der Waals surface area contributed by atoms with E-state index < -0.39 is 6.10 Å². The van der Waals surface area contributed by atoms with Crippen molar-refractivity contribution in [1.29, 1.82) is 0 Å². The smallest absolute Gasteiger partial charge is 0.253 e. The fraction of sp³-hybridized carbons (Fsp3) is 0.600. The number of nitrogens with two attached hydrogens (primary N) is 2. The zero-order valence-corrected chi connectivity index (χ0v) is 15.7. The maximum Gasteiger partial charge on any atom is 0.253 e. The molecule has 1 aromatic carbocycles. The zero-order valence-electron chi connectivity index (χ0n) is 15.7. The molecule has 2 amide bonds. The quantitative estimate of drug-likeness (QED) is 0.656. The van der Waals surface area contributed by atoms with Crippen molar-refractivity contribution in [3.63, 3.8) is 0 Å². The highest BCUT2D eigenvalue weighted by atomic mass is 16.5. The summed E-state index contributed by atoms with van der Waals surface area (Å²) in [7, 11) is 0. The summed E-state index contributed by atoms with van der Waals surface area (Å²) in [6, 6.07) is 7.96. The lowest BCUT2D eigenvalue weighted by Gasteiger charge is -2.30. The number of piperidine rings is 1. The predicted molar refractivity (Wildman–Crippen MR) is 104 cm³/mol. The van der Waals surface area contributed by atoms with Crippen LogP contribution >= 0.6 is 0 Å². The van der Waals surface area contributed by atoms with Gasteiger partial charge in [0.15, 0.2) is 0 Å². The molecule has 148 valence electrons. The van der Waals surface area contributed by atoms with Gasteiger partial charge in [-0.25, -0.2) is 0 Å². The van der Waals surface area contributed by atoms with Crippen LogP contribution in [0.4, 0.5) is 5.69 Å². The van der Waals surface area contributed by atoms with Gasteiger partial charge in [0.2, 0.25) is 5.91 Å². The van der Waals surface area contributed by atoms with Crippen LogP contribution in [0.1, 0.15) is 31.2 Å². The Labute approximate surface area is 160 Å². The molecule has 2 aliphatic heterocycles. The van der Waals surface area contributed by atoms with Gasteiger partial charge in [0, 0.05) is 24.7 Å². The van der Waals surface area contributed by atoms with E-state index >= 15 is 0 Å². The van der Waals surface area contributed by atoms with Crippen molar-refractivity contribution in [3.05, 3.63) is 29.8 Å². The fourth-order valence-electron chi connectivity index (χ4n) is 3.78. The van der Waals surface area contributed by atoms with Gasteiger partial charge in [-0.1, -0.05) is 12.1 Å². The number of hydrogen-bond acceptors (Lipinski definition) is 5. The molecule has 0 aromatic heterocycles. The summed E-state index contributed by atoms with van der Waals surface area (Å²) in [6.45, 7) is 3.27. The minimum atomic E-state index is -0.401. The summed E-state index contributed by atoms with van der Waals surface area (Å²) in [4.78, 5) is 25.9. The Morgan fingerprint density at radius 2 is 1.81 bits per heavy atom. The number of carbonyl (C=O) groups excluding carboxylic acids is 2. The van der Waals surface area contributed by atoms with Crippen LogP contribution in [0, 0.1) is 5.92 Å². The fourth-order valence-corrected chi connectivity index (χ4v) is 3.78. The topological polar surface area (TPSA) is 111 Å². The molecule has 3 rings (SSSR count). The van der Waals surface area contributed by atoms with Crippen LogP contribution in [0.5, 0.6) is 0 Å². The Hall–Kier alpha value is -1.96. The molecule has 0 unspecified atom stereocenters. The summed E-state index contributed by atoms with van der Waals surface area (Å²) in [5.41, 5.74) is 13.0. The first-order valence-electron chi connectivity index (χ1n) is 9.82. The van der Waals surface area contributed by atoms with Crippen molar-refractivity contribution in [2.45, 2.75) is 44.3 Å². The molecule has 7 nitrogen and oxygen atoms in total. The SMILES string of the molecule is NC[C@H]1CC[C@@H](C(=O)Nc2ccc(CCN3CCC(C(N)=O)CC3)cc2)O1. The molecular weight excluding hydrogens is 344 g/mol. The van der Waals surface area contributed by atoms with E-state index in [0.717, 1.165) is 57.4 Å². The first kappa shape index (κ1) is 19.8. The van der Waals surface area contributed by atoms with Gasteiger partial charge in [-0.05, 0) is 62.9 Å². The summed E-state index contributed by atoms with van der Waals surface area (Å²) < 4.78 is 5.62. The van der Waals surface area contributed by atoms with Crippen molar-refractivity contribution in [2.24, 2.45) is 17.4 Å². The highest BCUT2D eigenvalue weighted by Crippen LogP contribution is 2.21. The van der Waals surface area contributed by atoms with E-state index in [4.69, 9.17) is 16.2 Å². The van der Waals surface area contributed by atoms with Crippen molar-refractivity contribution in [2.75, 3.05) is 31.5 Å². The molecule has 2 heterocycles. The Kier molecular flexibility index (Phi) is 6.82. The number of rotatable bonds is 7. The summed E-state index contributed by atoms with van der Waals surface area (Å²) in [5, 5.41) is 2.92. The zero-order chi connectivity index (χ0) is 19.2. The molecule has 27 heavy (non-hydrogen) atoms. The van der Waals surface area contributed by atoms with Gasteiger partial charge < -0.3 is 26.4 Å². The second-order valence-electron chi connectivity index (χ2n) is 7.51. The number of primary amides is 1. The second kappa shape index (κ2) is 9.30. The van der Waals surface area contributed by atoms with Crippen LogP contribution in [0.2, 0.25) is 0 Å². The van der Waals surface area contributed by atoms with Crippen LogP contribution in [0.25, 0.3) is 0 Å². The summed E-state index contributed by atoms with van der Waals surface area (Å²) in [5.74, 6) is -0.238. The number of nitrogens with one attached hydrogen (secondary N) is 1. The maximum atomic E-state index is 12.3. The van der Waals surface area contributed by atoms with Gasteiger partial charge in [-0.2, -0.15) is 0 Å². The van der Waals surface area contributed by atoms with Crippen LogP contribution in [-0.4, -0.2) is 55.1 Å². The molecule has 0 radical (unpaired) electrons. The van der Waals surface area contributed by atoms with Crippen molar-refractivity contribution in [3.8, 4) is 0 Å². The normalized spacial score (nSPS) is 24.0. The molecule has 0 saturated carbocycles. The number of hydrogen-bond donors (Lipinski definition) is 3. The van der Waals surface area contributed by atoms with E-state index in [1.807, 2.05) is 24.3 Å². The molecule has 5 N–H and O–H groups in total. The van der Waals surface area contributed by atoms with Gasteiger partial charge in [-0.3, -0.25) is 9.59 Å². The summed E-state index contributed by atoms with van der Waals surface area (Å²) >= 11 is 0. The third-order valence-corrected chi connectivity index (χ3v) is 5.59. The number of likely N-dealkylation sites (tertiary alicyclic amines) is 1. The molecule has 2 atom stereocenters. The van der Waals surface area contributed by atoms with Gasteiger partial charge in [0.05, 0.1) is 6.10 Å². The molecule has 2 aliphatic rings. The third kappa shape index (κ3) is 5.51. The Bertz CT molecular complexity index is 641. The molecule has 2 fully saturated rings. The number of amides is 2. The lowest BCUT2D eigenvalue weighted by atomic mass is 9.96. The van der Waals surface area contributed by atoms with E-state index in [1.54, 1.807) is 0 Å². The summed E-state index contributed by atoms with van der Waals surface area (Å²) in [6.07, 6.45) is 3.81. The van der Waals surface area contributed by atoms with Crippen LogP contribution in [0.3, 0.4) is 0 Å². The minimum absolute atomic E-state index is 0.00355. The minimum Gasteiger partial charge on any atom is -0.369 e. The Balaban J connectivity index is 1.41. The first-order valence-corrected chi connectivity index (χ1v) is 9.82. The molecule has 0 bridgehead atoms.